The summed E-state index contributed by atoms with van der Waals surface area (Å²) in [6, 6.07) is 15.9. The van der Waals surface area contributed by atoms with Crippen molar-refractivity contribution in [3.63, 3.8) is 0 Å². The van der Waals surface area contributed by atoms with Gasteiger partial charge in [0.05, 0.1) is 6.61 Å². The Morgan fingerprint density at radius 1 is 1.10 bits per heavy atom. The summed E-state index contributed by atoms with van der Waals surface area (Å²) in [5.74, 6) is 1.45. The van der Waals surface area contributed by atoms with Crippen LogP contribution in [0, 0.1) is 5.92 Å². The molecule has 0 bridgehead atoms. The summed E-state index contributed by atoms with van der Waals surface area (Å²) in [5.41, 5.74) is 2.21. The van der Waals surface area contributed by atoms with Crippen LogP contribution in [0.5, 0.6) is 5.75 Å². The third-order valence-corrected chi connectivity index (χ3v) is 3.04. The zero-order valence-electron chi connectivity index (χ0n) is 11.9. The third-order valence-electron chi connectivity index (χ3n) is 2.80. The minimum absolute atomic E-state index is 0.531. The van der Waals surface area contributed by atoms with Crippen LogP contribution in [0.15, 0.2) is 48.5 Å². The van der Waals surface area contributed by atoms with Crippen molar-refractivity contribution < 1.29 is 4.74 Å². The van der Waals surface area contributed by atoms with E-state index >= 15 is 0 Å². The van der Waals surface area contributed by atoms with Crippen LogP contribution in [0.4, 0.5) is 5.69 Å². The van der Waals surface area contributed by atoms with E-state index < -0.39 is 0 Å². The predicted octanol–water partition coefficient (Wildman–Crippen LogP) is 4.99. The molecule has 2 aromatic rings. The van der Waals surface area contributed by atoms with E-state index in [4.69, 9.17) is 16.3 Å². The van der Waals surface area contributed by atoms with Crippen molar-refractivity contribution in [2.45, 2.75) is 20.4 Å². The SMILES string of the molecule is CC(C)COc1cccc(CNc2cccc(Cl)c2)c1. The highest BCUT2D eigenvalue weighted by Crippen LogP contribution is 2.18. The second-order valence-corrected chi connectivity index (χ2v) is 5.65. The van der Waals surface area contributed by atoms with Crippen molar-refractivity contribution >= 4 is 17.3 Å². The van der Waals surface area contributed by atoms with Crippen LogP contribution < -0.4 is 10.1 Å². The van der Waals surface area contributed by atoms with Gasteiger partial charge in [0.1, 0.15) is 5.75 Å². The fourth-order valence-corrected chi connectivity index (χ4v) is 2.00. The molecule has 2 rings (SSSR count). The Morgan fingerprint density at radius 3 is 2.65 bits per heavy atom. The van der Waals surface area contributed by atoms with Crippen molar-refractivity contribution in [2.24, 2.45) is 5.92 Å². The fraction of sp³-hybridized carbons (Fsp3) is 0.294. The summed E-state index contributed by atoms with van der Waals surface area (Å²) in [6.45, 7) is 5.78. The van der Waals surface area contributed by atoms with Crippen LogP contribution in [-0.4, -0.2) is 6.61 Å². The Balaban J connectivity index is 1.94. The van der Waals surface area contributed by atoms with Gasteiger partial charge in [0.2, 0.25) is 0 Å². The van der Waals surface area contributed by atoms with Gasteiger partial charge in [-0.1, -0.05) is 43.6 Å². The van der Waals surface area contributed by atoms with Crippen molar-refractivity contribution in [3.05, 3.63) is 59.1 Å². The van der Waals surface area contributed by atoms with E-state index in [0.717, 1.165) is 29.6 Å². The number of nitrogens with one attached hydrogen (secondary N) is 1. The van der Waals surface area contributed by atoms with E-state index in [2.05, 4.69) is 31.3 Å². The normalized spacial score (nSPS) is 10.6. The molecule has 2 nitrogen and oxygen atoms in total. The van der Waals surface area contributed by atoms with Gasteiger partial charge in [0.15, 0.2) is 0 Å². The van der Waals surface area contributed by atoms with E-state index in [1.165, 1.54) is 5.56 Å². The van der Waals surface area contributed by atoms with Gasteiger partial charge in [-0.05, 0) is 41.8 Å². The lowest BCUT2D eigenvalue weighted by Crippen LogP contribution is -2.05. The number of hydrogen-bond donors (Lipinski definition) is 1. The number of benzene rings is 2. The molecular formula is C17H20ClNO. The van der Waals surface area contributed by atoms with Gasteiger partial charge in [-0.3, -0.25) is 0 Å². The van der Waals surface area contributed by atoms with Crippen molar-refractivity contribution in [1.29, 1.82) is 0 Å². The predicted molar refractivity (Wildman–Crippen MR) is 85.6 cm³/mol. The number of hydrogen-bond acceptors (Lipinski definition) is 2. The quantitative estimate of drug-likeness (QED) is 0.809. The number of anilines is 1. The molecule has 0 saturated heterocycles. The molecule has 2 aromatic carbocycles. The number of halogens is 1. The molecular weight excluding hydrogens is 270 g/mol. The maximum atomic E-state index is 5.96. The highest BCUT2D eigenvalue weighted by Gasteiger charge is 2.00. The fourth-order valence-electron chi connectivity index (χ4n) is 1.81. The minimum atomic E-state index is 0.531. The first-order chi connectivity index (χ1) is 9.63. The molecule has 20 heavy (non-hydrogen) atoms. The minimum Gasteiger partial charge on any atom is -0.493 e. The lowest BCUT2D eigenvalue weighted by molar-refractivity contribution is 0.271. The molecule has 0 atom stereocenters. The Morgan fingerprint density at radius 2 is 1.90 bits per heavy atom. The monoisotopic (exact) mass is 289 g/mol. The second kappa shape index (κ2) is 7.20. The van der Waals surface area contributed by atoms with Crippen LogP contribution in [0.2, 0.25) is 5.02 Å². The van der Waals surface area contributed by atoms with E-state index in [9.17, 15) is 0 Å². The number of ether oxygens (including phenoxy) is 1. The highest BCUT2D eigenvalue weighted by atomic mass is 35.5. The van der Waals surface area contributed by atoms with Gasteiger partial charge in [-0.2, -0.15) is 0 Å². The zero-order chi connectivity index (χ0) is 14.4. The Kier molecular flexibility index (Phi) is 5.31. The molecule has 0 fully saturated rings. The van der Waals surface area contributed by atoms with Crippen LogP contribution in [-0.2, 0) is 6.54 Å². The first kappa shape index (κ1) is 14.7. The molecule has 0 aliphatic heterocycles. The summed E-state index contributed by atoms with van der Waals surface area (Å²) < 4.78 is 5.73. The molecule has 0 heterocycles. The van der Waals surface area contributed by atoms with Gasteiger partial charge >= 0.3 is 0 Å². The van der Waals surface area contributed by atoms with Gasteiger partial charge in [0, 0.05) is 17.3 Å². The second-order valence-electron chi connectivity index (χ2n) is 5.22. The molecule has 0 amide bonds. The van der Waals surface area contributed by atoms with Crippen molar-refractivity contribution in [2.75, 3.05) is 11.9 Å². The summed E-state index contributed by atoms with van der Waals surface area (Å²) in [4.78, 5) is 0. The molecule has 0 aliphatic rings. The van der Waals surface area contributed by atoms with Crippen LogP contribution >= 0.6 is 11.6 Å². The van der Waals surface area contributed by atoms with Gasteiger partial charge < -0.3 is 10.1 Å². The number of rotatable bonds is 6. The molecule has 0 saturated carbocycles. The van der Waals surface area contributed by atoms with Crippen molar-refractivity contribution in [1.82, 2.24) is 0 Å². The standard InChI is InChI=1S/C17H20ClNO/c1-13(2)12-20-17-8-3-5-14(9-17)11-19-16-7-4-6-15(18)10-16/h3-10,13,19H,11-12H2,1-2H3. The summed E-state index contributed by atoms with van der Waals surface area (Å²) >= 11 is 5.96. The summed E-state index contributed by atoms with van der Waals surface area (Å²) in [5, 5.41) is 4.09. The average molecular weight is 290 g/mol. The topological polar surface area (TPSA) is 21.3 Å². The Hall–Kier alpha value is -1.67. The van der Waals surface area contributed by atoms with Crippen molar-refractivity contribution in [3.8, 4) is 5.75 Å². The maximum Gasteiger partial charge on any atom is 0.119 e. The van der Waals surface area contributed by atoms with Gasteiger partial charge in [-0.15, -0.1) is 0 Å². The Labute approximate surface area is 125 Å². The van der Waals surface area contributed by atoms with E-state index in [1.54, 1.807) is 0 Å². The molecule has 0 spiro atoms. The molecule has 0 aliphatic carbocycles. The zero-order valence-corrected chi connectivity index (χ0v) is 12.7. The van der Waals surface area contributed by atoms with Crippen LogP contribution in [0.25, 0.3) is 0 Å². The summed E-state index contributed by atoms with van der Waals surface area (Å²) in [7, 11) is 0. The van der Waals surface area contributed by atoms with E-state index in [0.29, 0.717) is 5.92 Å². The van der Waals surface area contributed by atoms with Crippen LogP contribution in [0.3, 0.4) is 0 Å². The first-order valence-corrected chi connectivity index (χ1v) is 7.22. The lowest BCUT2D eigenvalue weighted by Gasteiger charge is -2.11. The smallest absolute Gasteiger partial charge is 0.119 e. The summed E-state index contributed by atoms with van der Waals surface area (Å²) in [6.07, 6.45) is 0. The average Bonchev–Trinajstić information content (AvgIpc) is 2.43. The lowest BCUT2D eigenvalue weighted by atomic mass is 10.2. The van der Waals surface area contributed by atoms with E-state index in [1.807, 2.05) is 36.4 Å². The van der Waals surface area contributed by atoms with Gasteiger partial charge in [-0.25, -0.2) is 0 Å². The van der Waals surface area contributed by atoms with Gasteiger partial charge in [0.25, 0.3) is 0 Å². The third kappa shape index (κ3) is 4.78. The molecule has 1 N–H and O–H groups in total. The maximum absolute atomic E-state index is 5.96. The molecule has 0 radical (unpaired) electrons. The molecule has 106 valence electrons. The largest absolute Gasteiger partial charge is 0.493 e. The van der Waals surface area contributed by atoms with Crippen LogP contribution in [0.1, 0.15) is 19.4 Å². The highest BCUT2D eigenvalue weighted by molar-refractivity contribution is 6.30. The Bertz CT molecular complexity index is 554. The first-order valence-electron chi connectivity index (χ1n) is 6.84. The molecule has 3 heteroatoms. The molecule has 0 aromatic heterocycles. The van der Waals surface area contributed by atoms with E-state index in [-0.39, 0.29) is 0 Å². The molecule has 0 unspecified atom stereocenters.